The van der Waals surface area contributed by atoms with Crippen LogP contribution in [0.4, 0.5) is 8.78 Å². The molecule has 0 bridgehead atoms. The predicted octanol–water partition coefficient (Wildman–Crippen LogP) is 3.52. The lowest BCUT2D eigenvalue weighted by Crippen LogP contribution is -2.36. The first-order chi connectivity index (χ1) is 14.8. The second-order valence-electron chi connectivity index (χ2n) is 8.12. The minimum absolute atomic E-state index is 0.00191. The molecular weight excluding hydrogens is 402 g/mol. The van der Waals surface area contributed by atoms with E-state index >= 15 is 0 Å². The Balaban J connectivity index is 1.49. The fourth-order valence-electron chi connectivity index (χ4n) is 4.15. The summed E-state index contributed by atoms with van der Waals surface area (Å²) in [5.41, 5.74) is 2.81. The molecule has 1 aromatic carbocycles. The number of hydrogen-bond acceptors (Lipinski definition) is 4. The fourth-order valence-corrected chi connectivity index (χ4v) is 4.15. The van der Waals surface area contributed by atoms with E-state index in [0.29, 0.717) is 30.0 Å². The van der Waals surface area contributed by atoms with Crippen LogP contribution in [0.3, 0.4) is 0 Å². The van der Waals surface area contributed by atoms with Crippen molar-refractivity contribution < 1.29 is 18.0 Å². The summed E-state index contributed by atoms with van der Waals surface area (Å²) in [6.45, 7) is 2.07. The molecule has 1 aliphatic rings. The van der Waals surface area contributed by atoms with E-state index in [-0.39, 0.29) is 24.1 Å². The minimum Gasteiger partial charge on any atom is -0.467 e. The number of rotatable bonds is 6. The molecule has 2 aromatic heterocycles. The van der Waals surface area contributed by atoms with Gasteiger partial charge in [0.05, 0.1) is 12.8 Å². The zero-order valence-electron chi connectivity index (χ0n) is 17.9. The van der Waals surface area contributed by atoms with Crippen molar-refractivity contribution in [3.05, 3.63) is 76.0 Å². The van der Waals surface area contributed by atoms with Crippen LogP contribution in [0.2, 0.25) is 0 Å². The van der Waals surface area contributed by atoms with Gasteiger partial charge >= 0.3 is 0 Å². The van der Waals surface area contributed by atoms with Gasteiger partial charge in [-0.3, -0.25) is 9.48 Å². The zero-order chi connectivity index (χ0) is 22.1. The second-order valence-corrected chi connectivity index (χ2v) is 8.12. The molecule has 1 N–H and O–H groups in total. The van der Waals surface area contributed by atoms with E-state index in [1.807, 2.05) is 13.1 Å². The molecule has 0 radical (unpaired) electrons. The topological polar surface area (TPSA) is 63.3 Å². The number of amides is 1. The summed E-state index contributed by atoms with van der Waals surface area (Å²) < 4.78 is 35.5. The Labute approximate surface area is 179 Å². The standard InChI is InChI=1S/C23H26F2N4O2/c1-14-6-8-19(24)18(21(14)25)12-26-15-7-9-20-17(11-15)22(27-29(20)3)23(30)28(2)13-16-5-4-10-31-16/h4-6,8,10,15,26H,7,9,11-13H2,1-3H3/t15-/m0/s1. The van der Waals surface area contributed by atoms with Crippen LogP contribution in [0.25, 0.3) is 0 Å². The first-order valence-electron chi connectivity index (χ1n) is 10.3. The van der Waals surface area contributed by atoms with E-state index in [9.17, 15) is 13.6 Å². The van der Waals surface area contributed by atoms with Crippen molar-refractivity contribution in [1.82, 2.24) is 20.0 Å². The van der Waals surface area contributed by atoms with Crippen molar-refractivity contribution in [2.45, 2.75) is 45.3 Å². The SMILES string of the molecule is Cc1ccc(F)c(CN[C@H]2CCc3c(c(C(=O)N(C)Cc4ccco4)nn3C)C2)c1F. The molecule has 0 fully saturated rings. The summed E-state index contributed by atoms with van der Waals surface area (Å²) in [6, 6.07) is 6.33. The van der Waals surface area contributed by atoms with Gasteiger partial charge in [-0.05, 0) is 49.9 Å². The van der Waals surface area contributed by atoms with Gasteiger partial charge in [0.25, 0.3) is 5.91 Å². The smallest absolute Gasteiger partial charge is 0.274 e. The molecule has 2 heterocycles. The maximum Gasteiger partial charge on any atom is 0.274 e. The van der Waals surface area contributed by atoms with Crippen LogP contribution < -0.4 is 5.32 Å². The van der Waals surface area contributed by atoms with Crippen LogP contribution in [-0.4, -0.2) is 33.7 Å². The van der Waals surface area contributed by atoms with Gasteiger partial charge in [-0.15, -0.1) is 0 Å². The minimum atomic E-state index is -0.552. The maximum absolute atomic E-state index is 14.3. The van der Waals surface area contributed by atoms with Crippen LogP contribution in [-0.2, 0) is 33.0 Å². The van der Waals surface area contributed by atoms with Gasteiger partial charge in [0.2, 0.25) is 0 Å². The van der Waals surface area contributed by atoms with Gasteiger partial charge in [-0.1, -0.05) is 6.07 Å². The fraction of sp³-hybridized carbons (Fsp3) is 0.391. The van der Waals surface area contributed by atoms with Gasteiger partial charge in [0.1, 0.15) is 17.4 Å². The number of benzene rings is 1. The lowest BCUT2D eigenvalue weighted by atomic mass is 9.91. The molecular formula is C23H26F2N4O2. The van der Waals surface area contributed by atoms with Gasteiger partial charge in [0.15, 0.2) is 5.69 Å². The summed E-state index contributed by atoms with van der Waals surface area (Å²) in [5.74, 6) is -0.545. The summed E-state index contributed by atoms with van der Waals surface area (Å²) >= 11 is 0. The number of carbonyl (C=O) groups excluding carboxylic acids is 1. The Morgan fingerprint density at radius 2 is 2.16 bits per heavy atom. The van der Waals surface area contributed by atoms with E-state index < -0.39 is 11.6 Å². The highest BCUT2D eigenvalue weighted by atomic mass is 19.1. The van der Waals surface area contributed by atoms with Crippen molar-refractivity contribution in [1.29, 1.82) is 0 Å². The summed E-state index contributed by atoms with van der Waals surface area (Å²) in [7, 11) is 3.56. The largest absolute Gasteiger partial charge is 0.467 e. The maximum atomic E-state index is 14.3. The van der Waals surface area contributed by atoms with Gasteiger partial charge in [-0.25, -0.2) is 8.78 Å². The predicted molar refractivity (Wildman–Crippen MR) is 111 cm³/mol. The third kappa shape index (κ3) is 4.25. The molecule has 1 atom stereocenters. The third-order valence-electron chi connectivity index (χ3n) is 5.92. The molecule has 0 saturated heterocycles. The van der Waals surface area contributed by atoms with Crippen LogP contribution in [0.15, 0.2) is 34.9 Å². The number of hydrogen-bond donors (Lipinski definition) is 1. The molecule has 31 heavy (non-hydrogen) atoms. The van der Waals surface area contributed by atoms with E-state index in [2.05, 4.69) is 10.4 Å². The lowest BCUT2D eigenvalue weighted by Gasteiger charge is -2.25. The molecule has 4 rings (SSSR count). The number of furan rings is 1. The van der Waals surface area contributed by atoms with Crippen molar-refractivity contribution in [3.8, 4) is 0 Å². The summed E-state index contributed by atoms with van der Waals surface area (Å²) in [4.78, 5) is 14.6. The highest BCUT2D eigenvalue weighted by Crippen LogP contribution is 2.26. The number of fused-ring (bicyclic) bond motifs is 1. The number of halogens is 2. The third-order valence-corrected chi connectivity index (χ3v) is 5.92. The number of aryl methyl sites for hydroxylation is 2. The van der Waals surface area contributed by atoms with Crippen LogP contribution in [0.1, 0.15) is 45.1 Å². The Kier molecular flexibility index (Phi) is 5.91. The van der Waals surface area contributed by atoms with Crippen LogP contribution >= 0.6 is 0 Å². The monoisotopic (exact) mass is 428 g/mol. The zero-order valence-corrected chi connectivity index (χ0v) is 17.9. The summed E-state index contributed by atoms with van der Waals surface area (Å²) in [6.07, 6.45) is 3.70. The highest BCUT2D eigenvalue weighted by molar-refractivity contribution is 5.94. The highest BCUT2D eigenvalue weighted by Gasteiger charge is 2.30. The van der Waals surface area contributed by atoms with Crippen molar-refractivity contribution in [2.75, 3.05) is 7.05 Å². The molecule has 0 spiro atoms. The van der Waals surface area contributed by atoms with Gasteiger partial charge < -0.3 is 14.6 Å². The average molecular weight is 428 g/mol. The van der Waals surface area contributed by atoms with Crippen LogP contribution in [0.5, 0.6) is 0 Å². The normalized spacial score (nSPS) is 15.7. The number of carbonyl (C=O) groups is 1. The summed E-state index contributed by atoms with van der Waals surface area (Å²) in [5, 5.41) is 7.75. The Morgan fingerprint density at radius 1 is 1.35 bits per heavy atom. The number of nitrogens with one attached hydrogen (secondary N) is 1. The molecule has 0 saturated carbocycles. The Morgan fingerprint density at radius 3 is 2.90 bits per heavy atom. The van der Waals surface area contributed by atoms with E-state index in [1.54, 1.807) is 35.9 Å². The molecule has 0 unspecified atom stereocenters. The van der Waals surface area contributed by atoms with Crippen LogP contribution in [0, 0.1) is 18.6 Å². The molecule has 164 valence electrons. The van der Waals surface area contributed by atoms with Crippen molar-refractivity contribution in [3.63, 3.8) is 0 Å². The molecule has 1 amide bonds. The number of nitrogens with zero attached hydrogens (tertiary/aromatic N) is 3. The first-order valence-corrected chi connectivity index (χ1v) is 10.3. The van der Waals surface area contributed by atoms with E-state index in [0.717, 1.165) is 24.1 Å². The Bertz CT molecular complexity index is 1090. The van der Waals surface area contributed by atoms with E-state index in [4.69, 9.17) is 4.42 Å². The quantitative estimate of drug-likeness (QED) is 0.653. The lowest BCUT2D eigenvalue weighted by molar-refractivity contribution is 0.0767. The van der Waals surface area contributed by atoms with Crippen molar-refractivity contribution in [2.24, 2.45) is 7.05 Å². The molecule has 0 aliphatic heterocycles. The first kappa shape index (κ1) is 21.2. The molecule has 6 nitrogen and oxygen atoms in total. The molecule has 1 aliphatic carbocycles. The molecule has 8 heteroatoms. The van der Waals surface area contributed by atoms with E-state index in [1.165, 1.54) is 12.1 Å². The molecule has 3 aromatic rings. The van der Waals surface area contributed by atoms with Gasteiger partial charge in [-0.2, -0.15) is 5.10 Å². The van der Waals surface area contributed by atoms with Crippen molar-refractivity contribution >= 4 is 5.91 Å². The second kappa shape index (κ2) is 8.63. The average Bonchev–Trinajstić information content (AvgIpc) is 3.38. The Hall–Kier alpha value is -3.00. The number of aromatic nitrogens is 2. The van der Waals surface area contributed by atoms with Gasteiger partial charge in [0, 0.05) is 43.5 Å².